The summed E-state index contributed by atoms with van der Waals surface area (Å²) in [4.78, 5) is 13.5. The summed E-state index contributed by atoms with van der Waals surface area (Å²) in [6, 6.07) is 2.59. The van der Waals surface area contributed by atoms with Crippen LogP contribution in [0.1, 0.15) is 48.6 Å². The van der Waals surface area contributed by atoms with E-state index in [9.17, 15) is 10.1 Å². The molecule has 0 saturated carbocycles. The molecular formula is C16H21N3OS. The monoisotopic (exact) mass is 303 g/mol. The van der Waals surface area contributed by atoms with Gasteiger partial charge >= 0.3 is 0 Å². The largest absolute Gasteiger partial charge is 0.317 e. The van der Waals surface area contributed by atoms with E-state index in [0.29, 0.717) is 23.9 Å². The number of anilines is 1. The normalized spacial score (nSPS) is 24.4. The molecule has 2 unspecified atom stereocenters. The number of thiophene rings is 1. The van der Waals surface area contributed by atoms with Crippen molar-refractivity contribution in [3.05, 3.63) is 16.0 Å². The van der Waals surface area contributed by atoms with Gasteiger partial charge in [0, 0.05) is 17.3 Å². The van der Waals surface area contributed by atoms with E-state index in [-0.39, 0.29) is 5.91 Å². The van der Waals surface area contributed by atoms with Crippen molar-refractivity contribution >= 4 is 22.2 Å². The number of fused-ring (bicyclic) bond motifs is 1. The van der Waals surface area contributed by atoms with Gasteiger partial charge in [-0.2, -0.15) is 5.26 Å². The zero-order chi connectivity index (χ0) is 14.8. The second-order valence-electron chi connectivity index (χ2n) is 6.21. The maximum atomic E-state index is 12.2. The fourth-order valence-corrected chi connectivity index (χ4v) is 4.67. The van der Waals surface area contributed by atoms with Crippen LogP contribution in [0.4, 0.5) is 5.00 Å². The number of hydrogen-bond acceptors (Lipinski definition) is 4. The molecule has 21 heavy (non-hydrogen) atoms. The van der Waals surface area contributed by atoms with Crippen LogP contribution >= 0.6 is 11.3 Å². The Balaban J connectivity index is 1.73. The average Bonchev–Trinajstić information content (AvgIpc) is 3.05. The van der Waals surface area contributed by atoms with Crippen LogP contribution in [-0.4, -0.2) is 18.5 Å². The zero-order valence-corrected chi connectivity index (χ0v) is 13.2. The van der Waals surface area contributed by atoms with E-state index in [0.717, 1.165) is 43.6 Å². The van der Waals surface area contributed by atoms with E-state index in [1.54, 1.807) is 11.3 Å². The maximum absolute atomic E-state index is 12.2. The third kappa shape index (κ3) is 3.12. The summed E-state index contributed by atoms with van der Waals surface area (Å²) in [5, 5.41) is 16.5. The molecule has 1 saturated heterocycles. The maximum Gasteiger partial charge on any atom is 0.226 e. The molecule has 1 fully saturated rings. The molecule has 2 aliphatic rings. The van der Waals surface area contributed by atoms with Crippen LogP contribution in [0.15, 0.2) is 0 Å². The highest BCUT2D eigenvalue weighted by Crippen LogP contribution is 2.39. The Morgan fingerprint density at radius 1 is 1.52 bits per heavy atom. The lowest BCUT2D eigenvalue weighted by Gasteiger charge is -2.17. The molecular weight excluding hydrogens is 282 g/mol. The van der Waals surface area contributed by atoms with Crippen LogP contribution in [0.5, 0.6) is 0 Å². The predicted octanol–water partition coefficient (Wildman–Crippen LogP) is 2.83. The van der Waals surface area contributed by atoms with Crippen LogP contribution in [0.3, 0.4) is 0 Å². The summed E-state index contributed by atoms with van der Waals surface area (Å²) in [5.74, 6) is 0.700. The second kappa shape index (κ2) is 6.17. The van der Waals surface area contributed by atoms with Gasteiger partial charge in [0.2, 0.25) is 5.91 Å². The number of amides is 1. The molecule has 2 heterocycles. The number of nitrogens with one attached hydrogen (secondary N) is 2. The Morgan fingerprint density at radius 2 is 2.38 bits per heavy atom. The standard InChI is InChI=1S/C16H21N3OS/c1-10-4-5-12-13(9-17)16(21-14(12)7-10)19-15(20)8-11-3-2-6-18-11/h10-11,18H,2-8H2,1H3,(H,19,20). The van der Waals surface area contributed by atoms with E-state index in [1.807, 2.05) is 0 Å². The van der Waals surface area contributed by atoms with Gasteiger partial charge in [0.25, 0.3) is 0 Å². The summed E-state index contributed by atoms with van der Waals surface area (Å²) in [6.45, 7) is 3.26. The molecule has 1 amide bonds. The number of nitrogens with zero attached hydrogens (tertiary/aromatic N) is 1. The van der Waals surface area contributed by atoms with Crippen molar-refractivity contribution in [1.29, 1.82) is 5.26 Å². The van der Waals surface area contributed by atoms with Gasteiger partial charge in [-0.1, -0.05) is 6.92 Å². The first-order chi connectivity index (χ1) is 10.2. The van der Waals surface area contributed by atoms with Gasteiger partial charge < -0.3 is 10.6 Å². The number of carbonyl (C=O) groups excluding carboxylic acids is 1. The van der Waals surface area contributed by atoms with Crippen LogP contribution in [-0.2, 0) is 17.6 Å². The molecule has 0 aromatic carbocycles. The van der Waals surface area contributed by atoms with Crippen molar-refractivity contribution < 1.29 is 4.79 Å². The molecule has 1 aliphatic carbocycles. The summed E-state index contributed by atoms with van der Waals surface area (Å²) >= 11 is 1.60. The van der Waals surface area contributed by atoms with E-state index in [1.165, 1.54) is 10.4 Å². The number of nitriles is 1. The van der Waals surface area contributed by atoms with Crippen molar-refractivity contribution in [3.63, 3.8) is 0 Å². The van der Waals surface area contributed by atoms with Crippen LogP contribution < -0.4 is 10.6 Å². The number of rotatable bonds is 3. The number of carbonyl (C=O) groups is 1. The number of hydrogen-bond donors (Lipinski definition) is 2. The van der Waals surface area contributed by atoms with Gasteiger partial charge in [0.1, 0.15) is 11.1 Å². The fraction of sp³-hybridized carbons (Fsp3) is 0.625. The Labute approximate surface area is 129 Å². The topological polar surface area (TPSA) is 64.9 Å². The van der Waals surface area contributed by atoms with E-state index in [4.69, 9.17) is 0 Å². The fourth-order valence-electron chi connectivity index (χ4n) is 3.29. The van der Waals surface area contributed by atoms with Crippen molar-refractivity contribution in [2.24, 2.45) is 5.92 Å². The molecule has 112 valence electrons. The quantitative estimate of drug-likeness (QED) is 0.902. The molecule has 0 bridgehead atoms. The van der Waals surface area contributed by atoms with Gasteiger partial charge in [-0.25, -0.2) is 0 Å². The predicted molar refractivity (Wildman–Crippen MR) is 84.5 cm³/mol. The molecule has 4 nitrogen and oxygen atoms in total. The highest BCUT2D eigenvalue weighted by Gasteiger charge is 2.25. The smallest absolute Gasteiger partial charge is 0.226 e. The van der Waals surface area contributed by atoms with Gasteiger partial charge in [0.15, 0.2) is 0 Å². The lowest BCUT2D eigenvalue weighted by molar-refractivity contribution is -0.116. The lowest BCUT2D eigenvalue weighted by atomic mass is 9.88. The third-order valence-electron chi connectivity index (χ3n) is 4.47. The van der Waals surface area contributed by atoms with Gasteiger partial charge in [0.05, 0.1) is 5.56 Å². The van der Waals surface area contributed by atoms with Crippen LogP contribution in [0.25, 0.3) is 0 Å². The first-order valence-electron chi connectivity index (χ1n) is 7.75. The highest BCUT2D eigenvalue weighted by atomic mass is 32.1. The zero-order valence-electron chi connectivity index (χ0n) is 12.4. The molecule has 1 aliphatic heterocycles. The van der Waals surface area contributed by atoms with Gasteiger partial charge in [-0.3, -0.25) is 4.79 Å². The van der Waals surface area contributed by atoms with Crippen molar-refractivity contribution in [2.45, 2.75) is 51.5 Å². The molecule has 2 atom stereocenters. The highest BCUT2D eigenvalue weighted by molar-refractivity contribution is 7.16. The molecule has 3 rings (SSSR count). The minimum Gasteiger partial charge on any atom is -0.317 e. The summed E-state index contributed by atoms with van der Waals surface area (Å²) in [5.41, 5.74) is 1.88. The molecule has 5 heteroatoms. The second-order valence-corrected chi connectivity index (χ2v) is 7.32. The molecule has 1 aromatic heterocycles. The van der Waals surface area contributed by atoms with Crippen LogP contribution in [0.2, 0.25) is 0 Å². The Hall–Kier alpha value is -1.38. The Kier molecular flexibility index (Phi) is 4.27. The summed E-state index contributed by atoms with van der Waals surface area (Å²) in [6.07, 6.45) is 5.86. The lowest BCUT2D eigenvalue weighted by Crippen LogP contribution is -2.27. The first kappa shape index (κ1) is 14.6. The third-order valence-corrected chi connectivity index (χ3v) is 5.64. The van der Waals surface area contributed by atoms with Crippen LogP contribution in [0, 0.1) is 17.2 Å². The molecule has 0 spiro atoms. The van der Waals surface area contributed by atoms with E-state index < -0.39 is 0 Å². The minimum atomic E-state index is 0.0255. The van der Waals surface area contributed by atoms with E-state index in [2.05, 4.69) is 23.6 Å². The van der Waals surface area contributed by atoms with Crippen molar-refractivity contribution in [3.8, 4) is 6.07 Å². The Bertz CT molecular complexity index is 581. The molecule has 0 radical (unpaired) electrons. The van der Waals surface area contributed by atoms with Gasteiger partial charge in [-0.15, -0.1) is 11.3 Å². The first-order valence-corrected chi connectivity index (χ1v) is 8.57. The average molecular weight is 303 g/mol. The summed E-state index contributed by atoms with van der Waals surface area (Å²) in [7, 11) is 0. The van der Waals surface area contributed by atoms with E-state index >= 15 is 0 Å². The minimum absolute atomic E-state index is 0.0255. The SMILES string of the molecule is CC1CCc2c(sc(NC(=O)CC3CCCN3)c2C#N)C1. The molecule has 2 N–H and O–H groups in total. The van der Waals surface area contributed by atoms with Crippen molar-refractivity contribution in [1.82, 2.24) is 5.32 Å². The van der Waals surface area contributed by atoms with Gasteiger partial charge in [-0.05, 0) is 50.1 Å². The summed E-state index contributed by atoms with van der Waals surface area (Å²) < 4.78 is 0. The van der Waals surface area contributed by atoms with Crippen molar-refractivity contribution in [2.75, 3.05) is 11.9 Å². The Morgan fingerprint density at radius 3 is 3.10 bits per heavy atom. The molecule has 1 aromatic rings.